The molecule has 0 radical (unpaired) electrons. The number of hydrogen-bond acceptors (Lipinski definition) is 4. The van der Waals surface area contributed by atoms with E-state index < -0.39 is 12.1 Å². The molecule has 1 N–H and O–H groups in total. The minimum Gasteiger partial charge on any atom is -0.507 e. The number of benzene rings is 3. The highest BCUT2D eigenvalue weighted by Gasteiger charge is 2.30. The summed E-state index contributed by atoms with van der Waals surface area (Å²) in [7, 11) is 0. The summed E-state index contributed by atoms with van der Waals surface area (Å²) in [6, 6.07) is 18.2. The molecule has 0 unspecified atom stereocenters. The predicted molar refractivity (Wildman–Crippen MR) is 103 cm³/mol. The number of esters is 1. The molecule has 5 nitrogen and oxygen atoms in total. The fourth-order valence-electron chi connectivity index (χ4n) is 3.45. The van der Waals surface area contributed by atoms with Gasteiger partial charge in [0.25, 0.3) is 5.91 Å². The van der Waals surface area contributed by atoms with Gasteiger partial charge in [0.15, 0.2) is 6.10 Å². The van der Waals surface area contributed by atoms with Crippen LogP contribution in [0.2, 0.25) is 0 Å². The van der Waals surface area contributed by atoms with Crippen LogP contribution >= 0.6 is 0 Å². The van der Waals surface area contributed by atoms with Crippen molar-refractivity contribution in [3.63, 3.8) is 0 Å². The quantitative estimate of drug-likeness (QED) is 0.723. The summed E-state index contributed by atoms with van der Waals surface area (Å²) in [6.07, 6.45) is -0.164. The zero-order valence-corrected chi connectivity index (χ0v) is 14.9. The zero-order chi connectivity index (χ0) is 19.0. The average molecular weight is 361 g/mol. The zero-order valence-electron chi connectivity index (χ0n) is 14.9. The number of nitrogens with zero attached hydrogens (tertiary/aromatic N) is 1. The fraction of sp³-hybridized carbons (Fsp3) is 0.182. The van der Waals surface area contributed by atoms with Crippen molar-refractivity contribution >= 4 is 28.3 Å². The predicted octanol–water partition coefficient (Wildman–Crippen LogP) is 3.68. The van der Waals surface area contributed by atoms with E-state index in [9.17, 15) is 14.7 Å². The third-order valence-electron chi connectivity index (χ3n) is 4.87. The van der Waals surface area contributed by atoms with Crippen molar-refractivity contribution in [1.29, 1.82) is 0 Å². The maximum Gasteiger partial charge on any atom is 0.342 e. The van der Waals surface area contributed by atoms with Gasteiger partial charge in [-0.15, -0.1) is 0 Å². The van der Waals surface area contributed by atoms with Crippen molar-refractivity contribution in [2.75, 3.05) is 11.4 Å². The van der Waals surface area contributed by atoms with Crippen LogP contribution < -0.4 is 4.90 Å². The van der Waals surface area contributed by atoms with Crippen LogP contribution in [-0.2, 0) is 16.0 Å². The molecule has 1 aliphatic rings. The first-order valence-corrected chi connectivity index (χ1v) is 8.86. The first-order valence-electron chi connectivity index (χ1n) is 8.86. The maximum absolute atomic E-state index is 12.8. The van der Waals surface area contributed by atoms with Crippen molar-refractivity contribution in [3.05, 3.63) is 71.8 Å². The topological polar surface area (TPSA) is 66.8 Å². The molecule has 5 heteroatoms. The number of amides is 1. The first kappa shape index (κ1) is 17.1. The Kier molecular flexibility index (Phi) is 4.28. The van der Waals surface area contributed by atoms with Gasteiger partial charge in [-0.3, -0.25) is 4.79 Å². The number of carbonyl (C=O) groups excluding carboxylic acids is 2. The Hall–Kier alpha value is -3.34. The number of ether oxygens (including phenoxy) is 1. The van der Waals surface area contributed by atoms with Crippen LogP contribution in [-0.4, -0.2) is 29.6 Å². The molecule has 1 heterocycles. The van der Waals surface area contributed by atoms with Crippen LogP contribution in [0.1, 0.15) is 22.8 Å². The number of fused-ring (bicyclic) bond motifs is 2. The van der Waals surface area contributed by atoms with E-state index in [0.29, 0.717) is 6.54 Å². The van der Waals surface area contributed by atoms with E-state index >= 15 is 0 Å². The van der Waals surface area contributed by atoms with E-state index in [2.05, 4.69) is 0 Å². The summed E-state index contributed by atoms with van der Waals surface area (Å²) in [5, 5.41) is 11.8. The van der Waals surface area contributed by atoms with Crippen molar-refractivity contribution < 1.29 is 19.4 Å². The van der Waals surface area contributed by atoms with Gasteiger partial charge < -0.3 is 14.7 Å². The molecule has 1 amide bonds. The molecule has 3 aromatic rings. The molecule has 0 bridgehead atoms. The summed E-state index contributed by atoms with van der Waals surface area (Å²) < 4.78 is 5.37. The van der Waals surface area contributed by atoms with Gasteiger partial charge in [0.1, 0.15) is 11.3 Å². The number of phenols is 1. The molecule has 0 fully saturated rings. The maximum atomic E-state index is 12.8. The third-order valence-corrected chi connectivity index (χ3v) is 4.87. The molecule has 3 aromatic carbocycles. The van der Waals surface area contributed by atoms with Crippen LogP contribution in [0.5, 0.6) is 5.75 Å². The summed E-state index contributed by atoms with van der Waals surface area (Å²) in [5.41, 5.74) is 2.02. The van der Waals surface area contributed by atoms with Crippen LogP contribution in [0.4, 0.5) is 5.69 Å². The Morgan fingerprint density at radius 2 is 1.70 bits per heavy atom. The SMILES string of the molecule is C[C@H](OC(=O)c1cc2ccccc2cc1O)C(=O)N1CCc2ccccc21. The number of hydrogen-bond donors (Lipinski definition) is 1. The minimum atomic E-state index is -0.950. The normalized spacial score (nSPS) is 14.0. The summed E-state index contributed by atoms with van der Waals surface area (Å²) >= 11 is 0. The van der Waals surface area contributed by atoms with Crippen LogP contribution in [0.15, 0.2) is 60.7 Å². The molecule has 0 saturated heterocycles. The molecule has 27 heavy (non-hydrogen) atoms. The molecule has 4 rings (SSSR count). The Labute approximate surface area is 156 Å². The van der Waals surface area contributed by atoms with E-state index in [1.165, 1.54) is 6.07 Å². The Morgan fingerprint density at radius 1 is 1.04 bits per heavy atom. The lowest BCUT2D eigenvalue weighted by molar-refractivity contribution is -0.126. The van der Waals surface area contributed by atoms with Gasteiger partial charge in [-0.1, -0.05) is 42.5 Å². The molecule has 1 aliphatic heterocycles. The smallest absolute Gasteiger partial charge is 0.342 e. The van der Waals surface area contributed by atoms with E-state index in [4.69, 9.17) is 4.74 Å². The van der Waals surface area contributed by atoms with Gasteiger partial charge >= 0.3 is 5.97 Å². The molecule has 0 aliphatic carbocycles. The lowest BCUT2D eigenvalue weighted by Gasteiger charge is -2.22. The van der Waals surface area contributed by atoms with Crippen molar-refractivity contribution in [2.45, 2.75) is 19.4 Å². The molecule has 0 spiro atoms. The monoisotopic (exact) mass is 361 g/mol. The average Bonchev–Trinajstić information content (AvgIpc) is 3.10. The standard InChI is InChI=1S/C22H19NO4/c1-14(21(25)23-11-10-15-6-4-5-9-19(15)23)27-22(26)18-12-16-7-2-3-8-17(16)13-20(18)24/h2-9,12-14,24H,10-11H2,1H3/t14-/m0/s1. The van der Waals surface area contributed by atoms with Gasteiger partial charge in [0.05, 0.1) is 0 Å². The highest BCUT2D eigenvalue weighted by molar-refractivity contribution is 6.02. The second-order valence-electron chi connectivity index (χ2n) is 6.63. The van der Waals surface area contributed by atoms with E-state index in [0.717, 1.165) is 28.4 Å². The molecular formula is C22H19NO4. The van der Waals surface area contributed by atoms with Gasteiger partial charge in [-0.2, -0.15) is 0 Å². The number of aromatic hydroxyl groups is 1. The van der Waals surface area contributed by atoms with Gasteiger partial charge in [-0.05, 0) is 47.9 Å². The van der Waals surface area contributed by atoms with E-state index in [-0.39, 0.29) is 17.2 Å². The highest BCUT2D eigenvalue weighted by atomic mass is 16.5. The van der Waals surface area contributed by atoms with Crippen molar-refractivity contribution in [3.8, 4) is 5.75 Å². The number of rotatable bonds is 3. The largest absolute Gasteiger partial charge is 0.507 e. The molecule has 1 atom stereocenters. The number of para-hydroxylation sites is 1. The van der Waals surface area contributed by atoms with Gasteiger partial charge in [0.2, 0.25) is 0 Å². The summed E-state index contributed by atoms with van der Waals surface area (Å²) in [6.45, 7) is 2.13. The fourth-order valence-corrected chi connectivity index (χ4v) is 3.45. The van der Waals surface area contributed by atoms with Crippen LogP contribution in [0.25, 0.3) is 10.8 Å². The number of carbonyl (C=O) groups is 2. The highest BCUT2D eigenvalue weighted by Crippen LogP contribution is 2.29. The number of phenolic OH excluding ortho intramolecular Hbond substituents is 1. The summed E-state index contributed by atoms with van der Waals surface area (Å²) in [4.78, 5) is 26.9. The Balaban J connectivity index is 1.53. The number of anilines is 1. The second kappa shape index (κ2) is 6.76. The Morgan fingerprint density at radius 3 is 2.48 bits per heavy atom. The molecular weight excluding hydrogens is 342 g/mol. The molecule has 0 saturated carbocycles. The van der Waals surface area contributed by atoms with E-state index in [1.54, 1.807) is 17.9 Å². The second-order valence-corrected chi connectivity index (χ2v) is 6.63. The third kappa shape index (κ3) is 3.12. The minimum absolute atomic E-state index is 0.0511. The van der Waals surface area contributed by atoms with Crippen LogP contribution in [0, 0.1) is 0 Å². The lowest BCUT2D eigenvalue weighted by Crippen LogP contribution is -2.39. The lowest BCUT2D eigenvalue weighted by atomic mass is 10.1. The van der Waals surface area contributed by atoms with Gasteiger partial charge in [0, 0.05) is 12.2 Å². The van der Waals surface area contributed by atoms with Gasteiger partial charge in [-0.25, -0.2) is 4.79 Å². The Bertz CT molecular complexity index is 1040. The van der Waals surface area contributed by atoms with Crippen molar-refractivity contribution in [2.24, 2.45) is 0 Å². The first-order chi connectivity index (χ1) is 13.0. The van der Waals surface area contributed by atoms with E-state index in [1.807, 2.05) is 48.5 Å². The van der Waals surface area contributed by atoms with Crippen molar-refractivity contribution in [1.82, 2.24) is 0 Å². The molecule has 136 valence electrons. The molecule has 0 aromatic heterocycles. The van der Waals surface area contributed by atoms with Crippen LogP contribution in [0.3, 0.4) is 0 Å². The summed E-state index contributed by atoms with van der Waals surface area (Å²) in [5.74, 6) is -1.15.